The lowest BCUT2D eigenvalue weighted by Crippen LogP contribution is -3.05. The third kappa shape index (κ3) is 4.46. The van der Waals surface area contributed by atoms with E-state index in [0.29, 0.717) is 6.04 Å². The maximum absolute atomic E-state index is 5.41. The highest BCUT2D eigenvalue weighted by atomic mass is 32.1. The minimum atomic E-state index is 0.374. The first kappa shape index (κ1) is 15.3. The summed E-state index contributed by atoms with van der Waals surface area (Å²) < 4.78 is 0. The molecule has 2 rings (SSSR count). The van der Waals surface area contributed by atoms with Gasteiger partial charge in [0.15, 0.2) is 5.11 Å². The van der Waals surface area contributed by atoms with Crippen molar-refractivity contribution in [2.75, 3.05) is 27.2 Å². The van der Waals surface area contributed by atoms with Gasteiger partial charge in [-0.15, -0.1) is 0 Å². The van der Waals surface area contributed by atoms with Crippen LogP contribution in [-0.4, -0.2) is 32.3 Å². The first-order valence-corrected chi connectivity index (χ1v) is 7.99. The molecule has 0 aromatic heterocycles. The molecule has 0 unspecified atom stereocenters. The van der Waals surface area contributed by atoms with E-state index in [2.05, 4.69) is 49.0 Å². The van der Waals surface area contributed by atoms with Gasteiger partial charge in [0.2, 0.25) is 0 Å². The van der Waals surface area contributed by atoms with Gasteiger partial charge < -0.3 is 15.5 Å². The van der Waals surface area contributed by atoms with Crippen LogP contribution >= 0.6 is 12.2 Å². The first-order chi connectivity index (χ1) is 9.66. The average molecular weight is 292 g/mol. The summed E-state index contributed by atoms with van der Waals surface area (Å²) in [5.74, 6) is 0. The molecular weight excluding hydrogens is 266 g/mol. The van der Waals surface area contributed by atoms with Gasteiger partial charge in [0.1, 0.15) is 0 Å². The van der Waals surface area contributed by atoms with Gasteiger partial charge in [-0.25, -0.2) is 0 Å². The lowest BCUT2D eigenvalue weighted by atomic mass is 9.88. The van der Waals surface area contributed by atoms with Crippen LogP contribution in [0.2, 0.25) is 0 Å². The van der Waals surface area contributed by atoms with Crippen molar-refractivity contribution < 1.29 is 4.90 Å². The third-order valence-corrected chi connectivity index (χ3v) is 4.08. The lowest BCUT2D eigenvalue weighted by molar-refractivity contribution is -0.858. The minimum Gasteiger partial charge on any atom is -0.362 e. The molecule has 1 aliphatic carbocycles. The molecule has 20 heavy (non-hydrogen) atoms. The van der Waals surface area contributed by atoms with E-state index in [0.717, 1.165) is 18.1 Å². The number of hydrogen-bond acceptors (Lipinski definition) is 1. The molecule has 0 aliphatic heterocycles. The van der Waals surface area contributed by atoms with Gasteiger partial charge in [-0.3, -0.25) is 0 Å². The van der Waals surface area contributed by atoms with Crippen molar-refractivity contribution in [3.63, 3.8) is 0 Å². The monoisotopic (exact) mass is 292 g/mol. The first-order valence-electron chi connectivity index (χ1n) is 7.58. The SMILES string of the molecule is C[NH+](C)CCCNC(=S)N[C@H]1CCCc2ccccc21. The molecule has 3 nitrogen and oxygen atoms in total. The van der Waals surface area contributed by atoms with Gasteiger partial charge in [0.25, 0.3) is 0 Å². The Morgan fingerprint density at radius 2 is 2.15 bits per heavy atom. The van der Waals surface area contributed by atoms with Crippen molar-refractivity contribution in [3.05, 3.63) is 35.4 Å². The summed E-state index contributed by atoms with van der Waals surface area (Å²) >= 11 is 5.41. The summed E-state index contributed by atoms with van der Waals surface area (Å²) in [4.78, 5) is 1.48. The maximum Gasteiger partial charge on any atom is 0.166 e. The Morgan fingerprint density at radius 1 is 1.35 bits per heavy atom. The predicted molar refractivity (Wildman–Crippen MR) is 88.2 cm³/mol. The van der Waals surface area contributed by atoms with Crippen LogP contribution in [0.3, 0.4) is 0 Å². The van der Waals surface area contributed by atoms with E-state index in [1.165, 1.54) is 41.8 Å². The molecule has 0 fully saturated rings. The average Bonchev–Trinajstić information content (AvgIpc) is 2.44. The van der Waals surface area contributed by atoms with Gasteiger partial charge in [-0.2, -0.15) is 0 Å². The molecule has 0 saturated heterocycles. The van der Waals surface area contributed by atoms with Crippen LogP contribution in [0.5, 0.6) is 0 Å². The smallest absolute Gasteiger partial charge is 0.166 e. The standard InChI is InChI=1S/C16H25N3S/c1-19(2)12-6-11-17-16(20)18-15-10-5-8-13-7-3-4-9-14(13)15/h3-4,7,9,15H,5-6,8,10-12H2,1-2H3,(H2,17,18,20)/p+1/t15-/m0/s1. The van der Waals surface area contributed by atoms with Crippen molar-refractivity contribution in [2.45, 2.75) is 31.7 Å². The maximum atomic E-state index is 5.41. The van der Waals surface area contributed by atoms with E-state index in [4.69, 9.17) is 12.2 Å². The molecule has 110 valence electrons. The Kier molecular flexibility index (Phi) is 5.80. The van der Waals surface area contributed by atoms with Crippen molar-refractivity contribution >= 4 is 17.3 Å². The number of nitrogens with one attached hydrogen (secondary N) is 3. The number of benzene rings is 1. The number of aryl methyl sites for hydroxylation is 1. The normalized spacial score (nSPS) is 17.6. The molecule has 0 heterocycles. The van der Waals surface area contributed by atoms with E-state index in [1.807, 2.05) is 0 Å². The Morgan fingerprint density at radius 3 is 2.95 bits per heavy atom. The van der Waals surface area contributed by atoms with E-state index in [1.54, 1.807) is 0 Å². The molecule has 4 heteroatoms. The molecule has 3 N–H and O–H groups in total. The van der Waals surface area contributed by atoms with E-state index < -0.39 is 0 Å². The summed E-state index contributed by atoms with van der Waals surface area (Å²) in [7, 11) is 4.35. The number of rotatable bonds is 5. The zero-order valence-corrected chi connectivity index (χ0v) is 13.4. The van der Waals surface area contributed by atoms with Crippen LogP contribution in [0.4, 0.5) is 0 Å². The largest absolute Gasteiger partial charge is 0.362 e. The predicted octanol–water partition coefficient (Wildman–Crippen LogP) is 1.06. The Bertz CT molecular complexity index is 445. The van der Waals surface area contributed by atoms with Crippen LogP contribution in [0.25, 0.3) is 0 Å². The zero-order valence-electron chi connectivity index (χ0n) is 12.5. The molecule has 0 saturated carbocycles. The summed E-state index contributed by atoms with van der Waals surface area (Å²) in [5, 5.41) is 7.59. The third-order valence-electron chi connectivity index (χ3n) is 3.81. The van der Waals surface area contributed by atoms with Crippen LogP contribution in [0.1, 0.15) is 36.4 Å². The fourth-order valence-corrected chi connectivity index (χ4v) is 3.00. The fourth-order valence-electron chi connectivity index (χ4n) is 2.76. The Balaban J connectivity index is 1.80. The van der Waals surface area contributed by atoms with Crippen molar-refractivity contribution in [3.8, 4) is 0 Å². The minimum absolute atomic E-state index is 0.374. The highest BCUT2D eigenvalue weighted by Crippen LogP contribution is 2.29. The second-order valence-electron chi connectivity index (χ2n) is 5.85. The molecule has 0 spiro atoms. The highest BCUT2D eigenvalue weighted by molar-refractivity contribution is 7.80. The second kappa shape index (κ2) is 7.60. The van der Waals surface area contributed by atoms with Gasteiger partial charge in [-0.1, -0.05) is 24.3 Å². The highest BCUT2D eigenvalue weighted by Gasteiger charge is 2.19. The number of hydrogen-bond donors (Lipinski definition) is 3. The van der Waals surface area contributed by atoms with Gasteiger partial charge in [-0.05, 0) is 42.6 Å². The summed E-state index contributed by atoms with van der Waals surface area (Å²) in [5.41, 5.74) is 2.89. The topological polar surface area (TPSA) is 28.5 Å². The molecule has 1 aromatic rings. The Hall–Kier alpha value is -1.13. The quantitative estimate of drug-likeness (QED) is 0.560. The molecule has 1 aliphatic rings. The molecule has 0 radical (unpaired) electrons. The van der Waals surface area contributed by atoms with Gasteiger partial charge >= 0.3 is 0 Å². The van der Waals surface area contributed by atoms with Crippen LogP contribution in [0.15, 0.2) is 24.3 Å². The molecule has 0 amide bonds. The molecule has 1 aromatic carbocycles. The molecule has 1 atom stereocenters. The summed E-state index contributed by atoms with van der Waals surface area (Å²) in [6.45, 7) is 2.12. The fraction of sp³-hybridized carbons (Fsp3) is 0.562. The van der Waals surface area contributed by atoms with E-state index in [-0.39, 0.29) is 0 Å². The van der Waals surface area contributed by atoms with Crippen LogP contribution in [-0.2, 0) is 6.42 Å². The zero-order chi connectivity index (χ0) is 14.4. The van der Waals surface area contributed by atoms with Crippen molar-refractivity contribution in [1.82, 2.24) is 10.6 Å². The Labute approximate surface area is 127 Å². The second-order valence-corrected chi connectivity index (χ2v) is 6.26. The van der Waals surface area contributed by atoms with E-state index in [9.17, 15) is 0 Å². The van der Waals surface area contributed by atoms with Gasteiger partial charge in [0, 0.05) is 13.0 Å². The molecule has 0 bridgehead atoms. The molecular formula is C16H26N3S+. The number of thiocarbonyl (C=S) groups is 1. The van der Waals surface area contributed by atoms with Crippen molar-refractivity contribution in [1.29, 1.82) is 0 Å². The lowest BCUT2D eigenvalue weighted by Gasteiger charge is -2.27. The van der Waals surface area contributed by atoms with Crippen LogP contribution in [0, 0.1) is 0 Å². The summed E-state index contributed by atoms with van der Waals surface area (Å²) in [6, 6.07) is 9.08. The van der Waals surface area contributed by atoms with Crippen LogP contribution < -0.4 is 15.5 Å². The number of quaternary nitrogens is 1. The van der Waals surface area contributed by atoms with E-state index >= 15 is 0 Å². The van der Waals surface area contributed by atoms with Crippen molar-refractivity contribution in [2.24, 2.45) is 0 Å². The number of fused-ring (bicyclic) bond motifs is 1. The summed E-state index contributed by atoms with van der Waals surface area (Å²) in [6.07, 6.45) is 4.74. The van der Waals surface area contributed by atoms with Gasteiger partial charge in [0.05, 0.1) is 26.7 Å².